The van der Waals surface area contributed by atoms with Crippen LogP contribution in [0, 0.1) is 0 Å². The van der Waals surface area contributed by atoms with Gasteiger partial charge in [0.15, 0.2) is 0 Å². The van der Waals surface area contributed by atoms with Gasteiger partial charge in [-0.1, -0.05) is 138 Å². The van der Waals surface area contributed by atoms with Crippen molar-refractivity contribution in [3.05, 3.63) is 37.8 Å². The Kier molecular flexibility index (Phi) is 24.4. The van der Waals surface area contributed by atoms with Crippen LogP contribution in [0.15, 0.2) is 37.8 Å². The van der Waals surface area contributed by atoms with Gasteiger partial charge in [0.05, 0.1) is 55.3 Å². The minimum absolute atomic E-state index is 0.0181. The van der Waals surface area contributed by atoms with E-state index < -0.39 is 0 Å². The first-order valence-corrected chi connectivity index (χ1v) is 16.5. The number of halogens is 10. The predicted octanol–water partition coefficient (Wildman–Crippen LogP) is 10.9. The second kappa shape index (κ2) is 22.2. The Labute approximate surface area is 255 Å². The van der Waals surface area contributed by atoms with Gasteiger partial charge in [0.2, 0.25) is 0 Å². The molecule has 2 nitrogen and oxygen atoms in total. The molecule has 0 fully saturated rings. The monoisotopic (exact) mass is 718 g/mol. The summed E-state index contributed by atoms with van der Waals surface area (Å²) in [5.41, 5.74) is 0. The minimum atomic E-state index is -0.135. The van der Waals surface area contributed by atoms with Crippen molar-refractivity contribution in [1.82, 2.24) is 0 Å². The van der Waals surface area contributed by atoms with E-state index in [1.165, 1.54) is 23.5 Å². The van der Waals surface area contributed by atoms with Crippen LogP contribution in [-0.2, 0) is 9.47 Å². The van der Waals surface area contributed by atoms with Crippen LogP contribution in [0.2, 0.25) is 0 Å². The molecular formula is C16H16Cl10O2S4. The predicted molar refractivity (Wildman–Crippen MR) is 158 cm³/mol. The van der Waals surface area contributed by atoms with E-state index in [2.05, 4.69) is 0 Å². The molecule has 0 radical (unpaired) electrons. The highest BCUT2D eigenvalue weighted by Gasteiger charge is 2.11. The Balaban J connectivity index is 3.65. The molecule has 0 unspecified atom stereocenters. The molecule has 0 rings (SSSR count). The quantitative estimate of drug-likeness (QED) is 0.0839. The first-order chi connectivity index (χ1) is 15.1. The van der Waals surface area contributed by atoms with Gasteiger partial charge in [-0.3, -0.25) is 0 Å². The van der Waals surface area contributed by atoms with Crippen molar-refractivity contribution in [3.8, 4) is 0 Å². The number of ether oxygens (including phenoxy) is 2. The van der Waals surface area contributed by atoms with Crippen LogP contribution in [0.5, 0.6) is 0 Å². The molecule has 0 aromatic heterocycles. The Morgan fingerprint density at radius 1 is 0.438 bits per heavy atom. The van der Waals surface area contributed by atoms with Crippen LogP contribution in [0.4, 0.5) is 0 Å². The summed E-state index contributed by atoms with van der Waals surface area (Å²) in [5, 5.41) is 0.272. The summed E-state index contributed by atoms with van der Waals surface area (Å²) in [6.45, 7) is 2.28. The third-order valence-corrected chi connectivity index (χ3v) is 11.0. The Bertz CT molecular complexity index is 634. The van der Waals surface area contributed by atoms with Crippen LogP contribution in [0.1, 0.15) is 0 Å². The van der Waals surface area contributed by atoms with Gasteiger partial charge in [0.25, 0.3) is 0 Å². The smallest absolute Gasteiger partial charge is 0.127 e. The molecule has 0 amide bonds. The van der Waals surface area contributed by atoms with Crippen molar-refractivity contribution in [3.63, 3.8) is 0 Å². The topological polar surface area (TPSA) is 18.5 Å². The summed E-state index contributed by atoms with van der Waals surface area (Å²) >= 11 is 60.5. The van der Waals surface area contributed by atoms with Crippen molar-refractivity contribution in [2.75, 3.05) is 49.4 Å². The molecule has 0 aliphatic carbocycles. The van der Waals surface area contributed by atoms with Gasteiger partial charge < -0.3 is 9.47 Å². The van der Waals surface area contributed by atoms with E-state index in [-0.39, 0.29) is 29.1 Å². The second-order valence-corrected chi connectivity index (χ2v) is 14.4. The third-order valence-electron chi connectivity index (χ3n) is 2.68. The molecule has 16 heteroatoms. The van der Waals surface area contributed by atoms with Crippen LogP contribution >= 0.6 is 161 Å². The molecule has 0 aliphatic rings. The maximum atomic E-state index is 6.03. The van der Waals surface area contributed by atoms with E-state index >= 15 is 0 Å². The number of rotatable bonds is 17. The number of hydrogen-bond acceptors (Lipinski definition) is 6. The van der Waals surface area contributed by atoms with Gasteiger partial charge in [-0.25, -0.2) is 0 Å². The fraction of sp³-hybridized carbons (Fsp3) is 0.500. The number of allylic oxidation sites excluding steroid dienone is 4. The lowest BCUT2D eigenvalue weighted by Gasteiger charge is -2.06. The summed E-state index contributed by atoms with van der Waals surface area (Å²) in [6, 6.07) is 0. The third kappa shape index (κ3) is 17.6. The Hall–Kier alpha value is 3.18. The SMILES string of the molecule is ClC(Cl)=C(Cl)/C(Cl)=C(\Cl)SCCOCCSSCCOCCS/C(Cl)=C(\Cl)C(Cl)=C(Cl)Cl. The van der Waals surface area contributed by atoms with Crippen molar-refractivity contribution in [1.29, 1.82) is 0 Å². The normalized spacial score (nSPS) is 12.9. The average molecular weight is 723 g/mol. The largest absolute Gasteiger partial charge is 0.380 e. The van der Waals surface area contributed by atoms with Gasteiger partial charge in [0.1, 0.15) is 8.98 Å². The molecule has 0 saturated heterocycles. The molecule has 186 valence electrons. The lowest BCUT2D eigenvalue weighted by atomic mass is 10.6. The molecule has 0 saturated carbocycles. The zero-order chi connectivity index (χ0) is 24.5. The molecule has 0 aromatic rings. The van der Waals surface area contributed by atoms with Crippen LogP contribution in [0.3, 0.4) is 0 Å². The summed E-state index contributed by atoms with van der Waals surface area (Å²) in [5.74, 6) is 2.94. The summed E-state index contributed by atoms with van der Waals surface area (Å²) in [6.07, 6.45) is 0. The van der Waals surface area contributed by atoms with Gasteiger partial charge >= 0.3 is 0 Å². The van der Waals surface area contributed by atoms with Gasteiger partial charge in [-0.05, 0) is 0 Å². The van der Waals surface area contributed by atoms with Crippen molar-refractivity contribution in [2.24, 2.45) is 0 Å². The summed E-state index contributed by atoms with van der Waals surface area (Å²) < 4.78 is 11.4. The zero-order valence-corrected chi connectivity index (χ0v) is 26.7. The van der Waals surface area contributed by atoms with Crippen molar-refractivity contribution >= 4 is 161 Å². The summed E-state index contributed by atoms with van der Waals surface area (Å²) in [4.78, 5) is 0. The Morgan fingerprint density at radius 2 is 0.750 bits per heavy atom. The highest BCUT2D eigenvalue weighted by atomic mass is 35.5. The Morgan fingerprint density at radius 3 is 1.06 bits per heavy atom. The fourth-order valence-corrected chi connectivity index (χ4v) is 6.43. The molecule has 0 bridgehead atoms. The standard InChI is InChI=1S/C16H16Cl10O2S4/c17-9(13(21)22)11(19)15(25)29-5-1-27-3-7-31-32-8-4-28-2-6-30-16(26)12(20)10(18)14(23)24/h1-8H2/b15-11-,16-12-. The average Bonchev–Trinajstić information content (AvgIpc) is 2.76. The van der Waals surface area contributed by atoms with Gasteiger partial charge in [-0.15, -0.1) is 23.5 Å². The van der Waals surface area contributed by atoms with E-state index in [1.54, 1.807) is 21.6 Å². The number of thioether (sulfide) groups is 2. The molecule has 0 N–H and O–H groups in total. The van der Waals surface area contributed by atoms with Crippen LogP contribution < -0.4 is 0 Å². The zero-order valence-electron chi connectivity index (χ0n) is 15.9. The van der Waals surface area contributed by atoms with Crippen molar-refractivity contribution in [2.45, 2.75) is 0 Å². The molecule has 32 heavy (non-hydrogen) atoms. The van der Waals surface area contributed by atoms with E-state index in [0.29, 0.717) is 46.7 Å². The second-order valence-electron chi connectivity index (χ2n) is 4.89. The van der Waals surface area contributed by atoms with Crippen LogP contribution in [-0.4, -0.2) is 49.4 Å². The van der Waals surface area contributed by atoms with Gasteiger partial charge in [-0.2, -0.15) is 0 Å². The van der Waals surface area contributed by atoms with E-state index in [0.717, 1.165) is 11.5 Å². The minimum Gasteiger partial charge on any atom is -0.380 e. The fourth-order valence-electron chi connectivity index (χ4n) is 1.35. The molecule has 0 atom stereocenters. The highest BCUT2D eigenvalue weighted by molar-refractivity contribution is 8.76. The molecule has 0 heterocycles. The maximum Gasteiger partial charge on any atom is 0.127 e. The lowest BCUT2D eigenvalue weighted by Crippen LogP contribution is -2.02. The molecule has 0 aromatic carbocycles. The summed E-state index contributed by atoms with van der Waals surface area (Å²) in [7, 11) is 3.42. The van der Waals surface area contributed by atoms with Crippen molar-refractivity contribution < 1.29 is 9.47 Å². The first kappa shape index (κ1) is 35.2. The number of hydrogen-bond donors (Lipinski definition) is 0. The highest BCUT2D eigenvalue weighted by Crippen LogP contribution is 2.37. The molecule has 0 aliphatic heterocycles. The van der Waals surface area contributed by atoms with Gasteiger partial charge in [0, 0.05) is 23.0 Å². The molecule has 0 spiro atoms. The molecular weight excluding hydrogens is 707 g/mol. The first-order valence-electron chi connectivity index (χ1n) is 8.27. The lowest BCUT2D eigenvalue weighted by molar-refractivity contribution is 0.167. The van der Waals surface area contributed by atoms with Crippen LogP contribution in [0.25, 0.3) is 0 Å². The van der Waals surface area contributed by atoms with E-state index in [4.69, 9.17) is 125 Å². The van der Waals surface area contributed by atoms with E-state index in [9.17, 15) is 0 Å². The maximum absolute atomic E-state index is 6.03. The van der Waals surface area contributed by atoms with E-state index in [1.807, 2.05) is 0 Å².